The molecular formula is C26H28FN3O4S. The van der Waals surface area contributed by atoms with Crippen LogP contribution in [0.1, 0.15) is 27.5 Å². The van der Waals surface area contributed by atoms with Crippen LogP contribution in [0.25, 0.3) is 0 Å². The molecule has 0 radical (unpaired) electrons. The lowest BCUT2D eigenvalue weighted by molar-refractivity contribution is 0.0332. The molecule has 1 aliphatic rings. The first-order valence-electron chi connectivity index (χ1n) is 11.4. The molecule has 1 aliphatic heterocycles. The molecule has 1 saturated heterocycles. The number of benzene rings is 3. The van der Waals surface area contributed by atoms with Crippen LogP contribution in [0.2, 0.25) is 0 Å². The first kappa shape index (κ1) is 24.8. The topological polar surface area (TPSA) is 87.7 Å². The zero-order valence-electron chi connectivity index (χ0n) is 19.4. The number of morpholine rings is 1. The number of sulfonamides is 1. The largest absolute Gasteiger partial charge is 0.379 e. The fourth-order valence-electron chi connectivity index (χ4n) is 3.88. The Labute approximate surface area is 205 Å². The Morgan fingerprint density at radius 2 is 1.77 bits per heavy atom. The molecular weight excluding hydrogens is 469 g/mol. The van der Waals surface area contributed by atoms with Gasteiger partial charge in [0.1, 0.15) is 5.82 Å². The third-order valence-electron chi connectivity index (χ3n) is 5.88. The molecule has 2 N–H and O–H groups in total. The molecule has 0 saturated carbocycles. The van der Waals surface area contributed by atoms with E-state index in [0.29, 0.717) is 30.9 Å². The smallest absolute Gasteiger partial charge is 0.261 e. The maximum absolute atomic E-state index is 13.9. The van der Waals surface area contributed by atoms with Crippen LogP contribution in [0.4, 0.5) is 10.1 Å². The van der Waals surface area contributed by atoms with Crippen molar-refractivity contribution in [2.45, 2.75) is 17.9 Å². The van der Waals surface area contributed by atoms with E-state index in [9.17, 15) is 17.6 Å². The molecule has 0 aromatic heterocycles. The molecule has 1 fully saturated rings. The van der Waals surface area contributed by atoms with Gasteiger partial charge in [-0.2, -0.15) is 0 Å². The maximum Gasteiger partial charge on any atom is 0.261 e. The van der Waals surface area contributed by atoms with Crippen LogP contribution < -0.4 is 10.0 Å². The summed E-state index contributed by atoms with van der Waals surface area (Å²) in [6, 6.07) is 19.4. The Morgan fingerprint density at radius 3 is 2.49 bits per heavy atom. The molecule has 4 rings (SSSR count). The van der Waals surface area contributed by atoms with E-state index in [-0.39, 0.29) is 22.5 Å². The lowest BCUT2D eigenvalue weighted by Gasteiger charge is -2.31. The molecule has 0 spiro atoms. The van der Waals surface area contributed by atoms with E-state index in [0.717, 1.165) is 24.7 Å². The number of amides is 1. The van der Waals surface area contributed by atoms with Crippen molar-refractivity contribution in [1.29, 1.82) is 0 Å². The van der Waals surface area contributed by atoms with E-state index < -0.39 is 15.8 Å². The Bertz CT molecular complexity index is 1280. The molecule has 0 aliphatic carbocycles. The van der Waals surface area contributed by atoms with Gasteiger partial charge < -0.3 is 10.1 Å². The number of anilines is 1. The normalized spacial score (nSPS) is 15.4. The SMILES string of the molecule is Cc1ccc(S(=O)(=O)Nc2cccc(C(=O)NC(CN3CCOCC3)c3ccccc3)c2)cc1F. The zero-order valence-corrected chi connectivity index (χ0v) is 20.2. The third-order valence-corrected chi connectivity index (χ3v) is 7.26. The molecule has 3 aromatic carbocycles. The Balaban J connectivity index is 1.51. The molecule has 1 unspecified atom stereocenters. The minimum atomic E-state index is -4.02. The second kappa shape index (κ2) is 11.0. The van der Waals surface area contributed by atoms with Crippen molar-refractivity contribution in [1.82, 2.24) is 10.2 Å². The number of halogens is 1. The average molecular weight is 498 g/mol. The lowest BCUT2D eigenvalue weighted by Crippen LogP contribution is -2.43. The number of hydrogen-bond donors (Lipinski definition) is 2. The minimum Gasteiger partial charge on any atom is -0.379 e. The monoisotopic (exact) mass is 497 g/mol. The summed E-state index contributed by atoms with van der Waals surface area (Å²) >= 11 is 0. The highest BCUT2D eigenvalue weighted by atomic mass is 32.2. The Hall–Kier alpha value is -3.27. The first-order chi connectivity index (χ1) is 16.8. The predicted molar refractivity (Wildman–Crippen MR) is 132 cm³/mol. The molecule has 35 heavy (non-hydrogen) atoms. The fraction of sp³-hybridized carbons (Fsp3) is 0.269. The fourth-order valence-corrected chi connectivity index (χ4v) is 4.94. The quantitative estimate of drug-likeness (QED) is 0.495. The average Bonchev–Trinajstić information content (AvgIpc) is 2.86. The summed E-state index contributed by atoms with van der Waals surface area (Å²) in [6.45, 7) is 5.07. The molecule has 1 heterocycles. The van der Waals surface area contributed by atoms with Gasteiger partial charge in [-0.1, -0.05) is 42.5 Å². The van der Waals surface area contributed by atoms with Crippen molar-refractivity contribution in [3.05, 3.63) is 95.3 Å². The number of nitrogens with one attached hydrogen (secondary N) is 2. The van der Waals surface area contributed by atoms with Crippen LogP contribution >= 0.6 is 0 Å². The lowest BCUT2D eigenvalue weighted by atomic mass is 10.1. The van der Waals surface area contributed by atoms with Gasteiger partial charge in [0.25, 0.3) is 15.9 Å². The summed E-state index contributed by atoms with van der Waals surface area (Å²) in [5.41, 5.74) is 1.85. The summed E-state index contributed by atoms with van der Waals surface area (Å²) in [7, 11) is -4.02. The van der Waals surface area contributed by atoms with Gasteiger partial charge >= 0.3 is 0 Å². The maximum atomic E-state index is 13.9. The van der Waals surface area contributed by atoms with Crippen LogP contribution in [0.3, 0.4) is 0 Å². The van der Waals surface area contributed by atoms with E-state index in [4.69, 9.17) is 4.74 Å². The van der Waals surface area contributed by atoms with Crippen molar-refractivity contribution in [2.75, 3.05) is 37.6 Å². The van der Waals surface area contributed by atoms with Crippen LogP contribution in [0.5, 0.6) is 0 Å². The van der Waals surface area contributed by atoms with Gasteiger partial charge in [-0.05, 0) is 48.4 Å². The highest BCUT2D eigenvalue weighted by molar-refractivity contribution is 7.92. The second-order valence-corrected chi connectivity index (χ2v) is 10.1. The molecule has 3 aromatic rings. The summed E-state index contributed by atoms with van der Waals surface area (Å²) in [4.78, 5) is 15.2. The van der Waals surface area contributed by atoms with Crippen molar-refractivity contribution < 1.29 is 22.3 Å². The number of nitrogens with zero attached hydrogens (tertiary/aromatic N) is 1. The number of hydrogen-bond acceptors (Lipinski definition) is 5. The molecule has 184 valence electrons. The molecule has 0 bridgehead atoms. The van der Waals surface area contributed by atoms with E-state index in [2.05, 4.69) is 14.9 Å². The van der Waals surface area contributed by atoms with Gasteiger partial charge in [0.15, 0.2) is 0 Å². The van der Waals surface area contributed by atoms with Crippen molar-refractivity contribution in [2.24, 2.45) is 0 Å². The van der Waals surface area contributed by atoms with Crippen LogP contribution in [-0.2, 0) is 14.8 Å². The van der Waals surface area contributed by atoms with Crippen molar-refractivity contribution >= 4 is 21.6 Å². The molecule has 9 heteroatoms. The summed E-state index contributed by atoms with van der Waals surface area (Å²) in [5, 5.41) is 3.08. The standard InChI is InChI=1S/C26H28FN3O4S/c1-19-10-11-23(17-24(19)27)35(32,33)29-22-9-5-8-21(16-22)26(31)28-25(20-6-3-2-4-7-20)18-30-12-14-34-15-13-30/h2-11,16-17,25,29H,12-15,18H2,1H3,(H,28,31). The third kappa shape index (κ3) is 6.45. The van der Waals surface area contributed by atoms with E-state index >= 15 is 0 Å². The Morgan fingerprint density at radius 1 is 1.03 bits per heavy atom. The summed E-state index contributed by atoms with van der Waals surface area (Å²) in [5.74, 6) is -0.928. The number of rotatable bonds is 8. The van der Waals surface area contributed by atoms with Gasteiger partial charge in [-0.3, -0.25) is 14.4 Å². The Kier molecular flexibility index (Phi) is 7.80. The highest BCUT2D eigenvalue weighted by Crippen LogP contribution is 2.21. The second-order valence-electron chi connectivity index (χ2n) is 8.45. The number of aryl methyl sites for hydroxylation is 1. The van der Waals surface area contributed by atoms with E-state index in [1.54, 1.807) is 25.1 Å². The molecule has 7 nitrogen and oxygen atoms in total. The van der Waals surface area contributed by atoms with Gasteiger partial charge in [0, 0.05) is 30.9 Å². The van der Waals surface area contributed by atoms with Gasteiger partial charge in [0.05, 0.1) is 24.2 Å². The first-order valence-corrected chi connectivity index (χ1v) is 12.8. The van der Waals surface area contributed by atoms with Crippen molar-refractivity contribution in [3.63, 3.8) is 0 Å². The van der Waals surface area contributed by atoms with Gasteiger partial charge in [-0.25, -0.2) is 12.8 Å². The van der Waals surface area contributed by atoms with Crippen molar-refractivity contribution in [3.8, 4) is 0 Å². The van der Waals surface area contributed by atoms with Gasteiger partial charge in [-0.15, -0.1) is 0 Å². The van der Waals surface area contributed by atoms with E-state index in [1.807, 2.05) is 30.3 Å². The predicted octanol–water partition coefficient (Wildman–Crippen LogP) is 3.74. The minimum absolute atomic E-state index is 0.190. The van der Waals surface area contributed by atoms with Gasteiger partial charge in [0.2, 0.25) is 0 Å². The highest BCUT2D eigenvalue weighted by Gasteiger charge is 2.22. The number of ether oxygens (including phenoxy) is 1. The van der Waals surface area contributed by atoms with Crippen LogP contribution in [0.15, 0.2) is 77.7 Å². The zero-order chi connectivity index (χ0) is 24.8. The molecule has 1 amide bonds. The summed E-state index contributed by atoms with van der Waals surface area (Å²) < 4.78 is 47.2. The number of carbonyl (C=O) groups excluding carboxylic acids is 1. The number of carbonyl (C=O) groups is 1. The summed E-state index contributed by atoms with van der Waals surface area (Å²) in [6.07, 6.45) is 0. The molecule has 1 atom stereocenters. The van der Waals surface area contributed by atoms with E-state index in [1.165, 1.54) is 18.2 Å². The van der Waals surface area contributed by atoms with Crippen LogP contribution in [-0.4, -0.2) is 52.1 Å². The van der Waals surface area contributed by atoms with Crippen LogP contribution in [0, 0.1) is 12.7 Å².